The molecule has 0 spiro atoms. The summed E-state index contributed by atoms with van der Waals surface area (Å²) in [4.78, 5) is 3.97. The number of sulfonamides is 1. The summed E-state index contributed by atoms with van der Waals surface area (Å²) in [5, 5.41) is 0. The molecule has 0 bridgehead atoms. The molecule has 1 atom stereocenters. The fourth-order valence-corrected chi connectivity index (χ4v) is 2.73. The average molecular weight is 272 g/mol. The van der Waals surface area contributed by atoms with Crippen molar-refractivity contribution in [3.63, 3.8) is 0 Å². The van der Waals surface area contributed by atoms with Gasteiger partial charge >= 0.3 is 0 Å². The Balaban J connectivity index is 2.00. The summed E-state index contributed by atoms with van der Waals surface area (Å²) < 4.78 is 31.7. The minimum absolute atomic E-state index is 0.0299. The molecule has 2 heterocycles. The smallest absolute Gasteiger partial charge is 0.242 e. The minimum Gasteiger partial charge on any atom is -0.377 e. The lowest BCUT2D eigenvalue weighted by molar-refractivity contribution is 0.114. The lowest BCUT2D eigenvalue weighted by atomic mass is 10.2. The summed E-state index contributed by atoms with van der Waals surface area (Å²) >= 11 is 0. The van der Waals surface area contributed by atoms with E-state index in [1.807, 2.05) is 0 Å². The number of hydrazine groups is 1. The minimum atomic E-state index is -3.53. The third-order valence-electron chi connectivity index (χ3n) is 2.72. The van der Waals surface area contributed by atoms with Gasteiger partial charge in [-0.1, -0.05) is 0 Å². The van der Waals surface area contributed by atoms with Crippen molar-refractivity contribution < 1.29 is 13.2 Å². The van der Waals surface area contributed by atoms with Crippen LogP contribution in [0, 0.1) is 0 Å². The second-order valence-electron chi connectivity index (χ2n) is 4.01. The van der Waals surface area contributed by atoms with Crippen LogP contribution in [0.1, 0.15) is 12.8 Å². The van der Waals surface area contributed by atoms with Gasteiger partial charge in [0.2, 0.25) is 10.0 Å². The van der Waals surface area contributed by atoms with Crippen molar-refractivity contribution in [2.45, 2.75) is 23.8 Å². The molecule has 1 aliphatic rings. The number of pyridine rings is 1. The zero-order chi connectivity index (χ0) is 13.0. The first-order valence-electron chi connectivity index (χ1n) is 5.66. The van der Waals surface area contributed by atoms with Crippen LogP contribution in [-0.4, -0.2) is 32.7 Å². The molecule has 0 aromatic carbocycles. The van der Waals surface area contributed by atoms with Crippen molar-refractivity contribution in [1.82, 2.24) is 9.71 Å². The molecule has 1 aromatic heterocycles. The highest BCUT2D eigenvalue weighted by molar-refractivity contribution is 7.89. The molecule has 100 valence electrons. The van der Waals surface area contributed by atoms with Gasteiger partial charge in [0.25, 0.3) is 0 Å². The molecule has 2 rings (SSSR count). The molecule has 0 radical (unpaired) electrons. The maximum Gasteiger partial charge on any atom is 0.242 e. The number of nitrogens with two attached hydrogens (primary N) is 1. The van der Waals surface area contributed by atoms with Gasteiger partial charge in [0.1, 0.15) is 10.7 Å². The molecule has 1 aliphatic heterocycles. The average Bonchev–Trinajstić information content (AvgIpc) is 2.90. The first kappa shape index (κ1) is 13.2. The van der Waals surface area contributed by atoms with Gasteiger partial charge in [0.05, 0.1) is 6.10 Å². The Morgan fingerprint density at radius 1 is 1.50 bits per heavy atom. The van der Waals surface area contributed by atoms with E-state index in [0.29, 0.717) is 19.0 Å². The van der Waals surface area contributed by atoms with Crippen molar-refractivity contribution >= 4 is 15.8 Å². The van der Waals surface area contributed by atoms with Crippen LogP contribution in [-0.2, 0) is 14.8 Å². The zero-order valence-corrected chi connectivity index (χ0v) is 10.6. The van der Waals surface area contributed by atoms with E-state index < -0.39 is 10.0 Å². The van der Waals surface area contributed by atoms with E-state index in [1.54, 1.807) is 0 Å². The highest BCUT2D eigenvalue weighted by Crippen LogP contribution is 2.13. The molecule has 1 fully saturated rings. The molecule has 1 unspecified atom stereocenters. The summed E-state index contributed by atoms with van der Waals surface area (Å²) in [6.45, 7) is 0.990. The summed E-state index contributed by atoms with van der Waals surface area (Å²) in [7, 11) is -3.53. The second-order valence-corrected chi connectivity index (χ2v) is 5.78. The molecule has 7 nitrogen and oxygen atoms in total. The van der Waals surface area contributed by atoms with Crippen LogP contribution in [0.3, 0.4) is 0 Å². The Morgan fingerprint density at radius 2 is 2.33 bits per heavy atom. The number of anilines is 1. The number of aromatic nitrogens is 1. The number of hydrogen-bond acceptors (Lipinski definition) is 6. The molecule has 0 saturated carbocycles. The Bertz CT molecular complexity index is 482. The Kier molecular flexibility index (Phi) is 4.12. The predicted molar refractivity (Wildman–Crippen MR) is 66.2 cm³/mol. The second kappa shape index (κ2) is 5.61. The van der Waals surface area contributed by atoms with Crippen LogP contribution in [0.25, 0.3) is 0 Å². The van der Waals surface area contributed by atoms with E-state index in [2.05, 4.69) is 15.1 Å². The molecule has 4 N–H and O–H groups in total. The Hall–Kier alpha value is -1.22. The Morgan fingerprint density at radius 3 is 2.89 bits per heavy atom. The number of nitrogen functional groups attached to an aromatic ring is 1. The highest BCUT2D eigenvalue weighted by Gasteiger charge is 2.20. The number of ether oxygens (including phenoxy) is 1. The first-order valence-corrected chi connectivity index (χ1v) is 7.14. The van der Waals surface area contributed by atoms with Gasteiger partial charge in [-0.25, -0.2) is 24.0 Å². The van der Waals surface area contributed by atoms with Crippen molar-refractivity contribution in [2.75, 3.05) is 18.6 Å². The van der Waals surface area contributed by atoms with Crippen LogP contribution in [0.2, 0.25) is 0 Å². The van der Waals surface area contributed by atoms with Crippen molar-refractivity contribution in [3.8, 4) is 0 Å². The fourth-order valence-electron chi connectivity index (χ4n) is 1.72. The topological polar surface area (TPSA) is 106 Å². The zero-order valence-electron chi connectivity index (χ0n) is 9.80. The van der Waals surface area contributed by atoms with Crippen LogP contribution in [0.5, 0.6) is 0 Å². The number of rotatable bonds is 5. The van der Waals surface area contributed by atoms with Gasteiger partial charge in [0, 0.05) is 19.3 Å². The SMILES string of the molecule is NNc1ccc(S(=O)(=O)NCC2CCCO2)cn1. The summed E-state index contributed by atoms with van der Waals surface area (Å²) in [5.74, 6) is 5.57. The Labute approximate surface area is 106 Å². The maximum atomic E-state index is 11.9. The molecule has 0 amide bonds. The van der Waals surface area contributed by atoms with Gasteiger partial charge in [0.15, 0.2) is 0 Å². The molecular weight excluding hydrogens is 256 g/mol. The monoisotopic (exact) mass is 272 g/mol. The molecule has 8 heteroatoms. The van der Waals surface area contributed by atoms with E-state index in [0.717, 1.165) is 12.8 Å². The third-order valence-corrected chi connectivity index (χ3v) is 4.13. The summed E-state index contributed by atoms with van der Waals surface area (Å²) in [6, 6.07) is 2.95. The van der Waals surface area contributed by atoms with E-state index in [9.17, 15) is 8.42 Å². The van der Waals surface area contributed by atoms with Crippen LogP contribution >= 0.6 is 0 Å². The van der Waals surface area contributed by atoms with Crippen molar-refractivity contribution in [1.29, 1.82) is 0 Å². The molecule has 18 heavy (non-hydrogen) atoms. The van der Waals surface area contributed by atoms with E-state index in [1.165, 1.54) is 18.3 Å². The number of nitrogens with zero attached hydrogens (tertiary/aromatic N) is 1. The number of nitrogens with one attached hydrogen (secondary N) is 2. The quantitative estimate of drug-likeness (QED) is 0.507. The molecular formula is C10H16N4O3S. The molecule has 1 saturated heterocycles. The van der Waals surface area contributed by atoms with Crippen LogP contribution < -0.4 is 16.0 Å². The lowest BCUT2D eigenvalue weighted by Crippen LogP contribution is -2.31. The highest BCUT2D eigenvalue weighted by atomic mass is 32.2. The van der Waals surface area contributed by atoms with E-state index in [-0.39, 0.29) is 11.0 Å². The van der Waals surface area contributed by atoms with E-state index in [4.69, 9.17) is 10.6 Å². The lowest BCUT2D eigenvalue weighted by Gasteiger charge is -2.11. The summed E-state index contributed by atoms with van der Waals surface area (Å²) in [5.41, 5.74) is 2.34. The number of hydrogen-bond donors (Lipinski definition) is 3. The van der Waals surface area contributed by atoms with Gasteiger partial charge < -0.3 is 10.2 Å². The normalized spacial score (nSPS) is 19.9. The van der Waals surface area contributed by atoms with Gasteiger partial charge in [-0.05, 0) is 25.0 Å². The third kappa shape index (κ3) is 3.16. The van der Waals surface area contributed by atoms with Crippen LogP contribution in [0.4, 0.5) is 5.82 Å². The predicted octanol–water partition coefficient (Wildman–Crippen LogP) is -0.175. The molecule has 0 aliphatic carbocycles. The maximum absolute atomic E-state index is 11.9. The van der Waals surface area contributed by atoms with Gasteiger partial charge in [-0.2, -0.15) is 0 Å². The first-order chi connectivity index (χ1) is 8.62. The standard InChI is InChI=1S/C10H16N4O3S/c11-14-10-4-3-9(7-12-10)18(15,16)13-6-8-2-1-5-17-8/h3-4,7-8,13H,1-2,5-6,11H2,(H,12,14). The largest absolute Gasteiger partial charge is 0.377 e. The van der Waals surface area contributed by atoms with Gasteiger partial charge in [-0.3, -0.25) is 0 Å². The van der Waals surface area contributed by atoms with Crippen molar-refractivity contribution in [2.24, 2.45) is 5.84 Å². The van der Waals surface area contributed by atoms with E-state index >= 15 is 0 Å². The fraction of sp³-hybridized carbons (Fsp3) is 0.500. The van der Waals surface area contributed by atoms with Crippen molar-refractivity contribution in [3.05, 3.63) is 18.3 Å². The van der Waals surface area contributed by atoms with Crippen LogP contribution in [0.15, 0.2) is 23.2 Å². The summed E-state index contributed by atoms with van der Waals surface area (Å²) in [6.07, 6.45) is 3.09. The van der Waals surface area contributed by atoms with Gasteiger partial charge in [-0.15, -0.1) is 0 Å². The molecule has 1 aromatic rings.